The minimum Gasteiger partial charge on any atom is -0.393 e. The van der Waals surface area contributed by atoms with E-state index >= 15 is 0 Å². The van der Waals surface area contributed by atoms with Crippen LogP contribution in [0.25, 0.3) is 0 Å². The first-order valence-electron chi connectivity index (χ1n) is 4.11. The van der Waals surface area contributed by atoms with E-state index in [4.69, 9.17) is 19.7 Å². The summed E-state index contributed by atoms with van der Waals surface area (Å²) in [5, 5.41) is 17.6. The first-order chi connectivity index (χ1) is 5.96. The maximum absolute atomic E-state index is 11.2. The molecule has 1 heterocycles. The van der Waals surface area contributed by atoms with Gasteiger partial charge < -0.3 is 19.7 Å². The zero-order chi connectivity index (χ0) is 10.1. The Morgan fingerprint density at radius 1 is 1.69 bits per heavy atom. The summed E-state index contributed by atoms with van der Waals surface area (Å²) in [5.74, 6) is -1.32. The quantitative estimate of drug-likeness (QED) is 0.600. The Morgan fingerprint density at radius 2 is 2.31 bits per heavy atom. The topological polar surface area (TPSA) is 76.0 Å². The maximum atomic E-state index is 11.2. The predicted octanol–water partition coefficient (Wildman–Crippen LogP) is -0.940. The molecule has 0 aromatic carbocycles. The van der Waals surface area contributed by atoms with E-state index in [9.17, 15) is 4.79 Å². The molecule has 13 heavy (non-hydrogen) atoms. The molecule has 1 aliphatic rings. The Balaban J connectivity index is 2.51. The van der Waals surface area contributed by atoms with E-state index in [2.05, 4.69) is 0 Å². The summed E-state index contributed by atoms with van der Waals surface area (Å²) in [6.07, 6.45) is -2.14. The van der Waals surface area contributed by atoms with Crippen molar-refractivity contribution >= 4 is 5.78 Å². The lowest BCUT2D eigenvalue weighted by molar-refractivity contribution is -0.158. The second kappa shape index (κ2) is 3.71. The van der Waals surface area contributed by atoms with E-state index < -0.39 is 30.4 Å². The molecule has 0 radical (unpaired) electrons. The van der Waals surface area contributed by atoms with Gasteiger partial charge in [0.25, 0.3) is 0 Å². The van der Waals surface area contributed by atoms with Crippen molar-refractivity contribution in [2.45, 2.75) is 31.8 Å². The molecule has 0 aromatic rings. The molecule has 2 unspecified atom stereocenters. The lowest BCUT2D eigenvalue weighted by Gasteiger charge is -2.17. The van der Waals surface area contributed by atoms with Crippen molar-refractivity contribution in [3.05, 3.63) is 0 Å². The summed E-state index contributed by atoms with van der Waals surface area (Å²) in [4.78, 5) is 11.2. The van der Waals surface area contributed by atoms with Crippen LogP contribution in [0.2, 0.25) is 0 Å². The Kier molecular flexibility index (Phi) is 3.02. The molecule has 0 spiro atoms. The third-order valence-corrected chi connectivity index (χ3v) is 1.83. The summed E-state index contributed by atoms with van der Waals surface area (Å²) in [6, 6.07) is 0. The fraction of sp³-hybridized carbons (Fsp3) is 0.875. The first kappa shape index (κ1) is 10.6. The van der Waals surface area contributed by atoms with E-state index in [-0.39, 0.29) is 6.61 Å². The van der Waals surface area contributed by atoms with Crippen LogP contribution in [0.15, 0.2) is 0 Å². The molecule has 1 aliphatic heterocycles. The van der Waals surface area contributed by atoms with E-state index in [1.807, 2.05) is 0 Å². The average Bonchev–Trinajstić information content (AvgIpc) is 2.43. The summed E-state index contributed by atoms with van der Waals surface area (Å²) in [7, 11) is 0. The number of Topliss-reactive ketones (excluding diaryl/α,β-unsaturated/α-hetero) is 1. The molecule has 1 fully saturated rings. The van der Waals surface area contributed by atoms with Crippen LogP contribution in [0.3, 0.4) is 0 Å². The minimum absolute atomic E-state index is 0.128. The second-order valence-electron chi connectivity index (χ2n) is 3.42. The highest BCUT2D eigenvalue weighted by Crippen LogP contribution is 2.23. The zero-order valence-corrected chi connectivity index (χ0v) is 7.69. The summed E-state index contributed by atoms with van der Waals surface area (Å²) in [5.41, 5.74) is 0. The van der Waals surface area contributed by atoms with Gasteiger partial charge in [-0.05, 0) is 13.8 Å². The van der Waals surface area contributed by atoms with E-state index in [1.165, 1.54) is 0 Å². The summed E-state index contributed by atoms with van der Waals surface area (Å²) < 4.78 is 10.3. The SMILES string of the molecule is CC1(C)OCC(C(=O)C(O)CO)O1. The van der Waals surface area contributed by atoms with Gasteiger partial charge in [-0.2, -0.15) is 0 Å². The summed E-state index contributed by atoms with van der Waals surface area (Å²) in [6.45, 7) is 2.92. The van der Waals surface area contributed by atoms with Gasteiger partial charge in [-0.1, -0.05) is 0 Å². The smallest absolute Gasteiger partial charge is 0.194 e. The predicted molar refractivity (Wildman–Crippen MR) is 43.0 cm³/mol. The number of carbonyl (C=O) groups excluding carboxylic acids is 1. The molecule has 0 aliphatic carbocycles. The molecule has 2 N–H and O–H groups in total. The molecule has 0 saturated carbocycles. The van der Waals surface area contributed by atoms with Gasteiger partial charge in [0.1, 0.15) is 12.2 Å². The molecule has 0 amide bonds. The molecule has 5 heteroatoms. The van der Waals surface area contributed by atoms with E-state index in [0.717, 1.165) is 0 Å². The molecule has 2 atom stereocenters. The largest absolute Gasteiger partial charge is 0.393 e. The number of hydrogen-bond acceptors (Lipinski definition) is 5. The van der Waals surface area contributed by atoms with Crippen molar-refractivity contribution in [3.63, 3.8) is 0 Å². The van der Waals surface area contributed by atoms with Gasteiger partial charge in [-0.15, -0.1) is 0 Å². The number of rotatable bonds is 3. The highest BCUT2D eigenvalue weighted by molar-refractivity contribution is 5.87. The summed E-state index contributed by atoms with van der Waals surface area (Å²) >= 11 is 0. The molecule has 76 valence electrons. The lowest BCUT2D eigenvalue weighted by atomic mass is 10.1. The van der Waals surface area contributed by atoms with Crippen LogP contribution in [-0.4, -0.2) is 47.2 Å². The Hall–Kier alpha value is -0.490. The van der Waals surface area contributed by atoms with Gasteiger partial charge >= 0.3 is 0 Å². The fourth-order valence-corrected chi connectivity index (χ4v) is 1.13. The van der Waals surface area contributed by atoms with Crippen molar-refractivity contribution in [2.24, 2.45) is 0 Å². The van der Waals surface area contributed by atoms with Crippen LogP contribution in [0.1, 0.15) is 13.8 Å². The van der Waals surface area contributed by atoms with Crippen molar-refractivity contribution < 1.29 is 24.5 Å². The molecule has 0 aromatic heterocycles. The average molecular weight is 190 g/mol. The number of aliphatic hydroxyl groups is 2. The lowest BCUT2D eigenvalue weighted by Crippen LogP contribution is -2.37. The highest BCUT2D eigenvalue weighted by atomic mass is 16.7. The van der Waals surface area contributed by atoms with Crippen molar-refractivity contribution in [1.82, 2.24) is 0 Å². The minimum atomic E-state index is -1.37. The van der Waals surface area contributed by atoms with Gasteiger partial charge in [0, 0.05) is 0 Å². The number of ketones is 1. The second-order valence-corrected chi connectivity index (χ2v) is 3.42. The van der Waals surface area contributed by atoms with Gasteiger partial charge in [0.15, 0.2) is 11.6 Å². The van der Waals surface area contributed by atoms with E-state index in [1.54, 1.807) is 13.8 Å². The van der Waals surface area contributed by atoms with Crippen LogP contribution >= 0.6 is 0 Å². The van der Waals surface area contributed by atoms with Gasteiger partial charge in [-0.3, -0.25) is 4.79 Å². The normalized spacial score (nSPS) is 28.8. The van der Waals surface area contributed by atoms with Crippen molar-refractivity contribution in [3.8, 4) is 0 Å². The third kappa shape index (κ3) is 2.47. The number of hydrogen-bond donors (Lipinski definition) is 2. The van der Waals surface area contributed by atoms with Gasteiger partial charge in [0.2, 0.25) is 0 Å². The van der Waals surface area contributed by atoms with Gasteiger partial charge in [0.05, 0.1) is 13.2 Å². The number of ether oxygens (including phenoxy) is 2. The Bertz CT molecular complexity index is 201. The Labute approximate surface area is 76.3 Å². The monoisotopic (exact) mass is 190 g/mol. The van der Waals surface area contributed by atoms with E-state index in [0.29, 0.717) is 0 Å². The van der Waals surface area contributed by atoms with Gasteiger partial charge in [-0.25, -0.2) is 0 Å². The molecule has 1 rings (SSSR count). The standard InChI is InChI=1S/C8H14O5/c1-8(2)12-4-6(13-8)7(11)5(10)3-9/h5-6,9-10H,3-4H2,1-2H3. The van der Waals surface area contributed by atoms with Crippen LogP contribution in [0.4, 0.5) is 0 Å². The van der Waals surface area contributed by atoms with Crippen molar-refractivity contribution in [2.75, 3.05) is 13.2 Å². The van der Waals surface area contributed by atoms with Crippen LogP contribution in [0, 0.1) is 0 Å². The molecular formula is C8H14O5. The third-order valence-electron chi connectivity index (χ3n) is 1.83. The molecule has 1 saturated heterocycles. The molecule has 0 bridgehead atoms. The number of aliphatic hydroxyl groups excluding tert-OH is 2. The first-order valence-corrected chi connectivity index (χ1v) is 4.11. The van der Waals surface area contributed by atoms with Crippen molar-refractivity contribution in [1.29, 1.82) is 0 Å². The van der Waals surface area contributed by atoms with Crippen LogP contribution in [0.5, 0.6) is 0 Å². The number of carbonyl (C=O) groups is 1. The molecular weight excluding hydrogens is 176 g/mol. The fourth-order valence-electron chi connectivity index (χ4n) is 1.13. The molecule has 5 nitrogen and oxygen atoms in total. The van der Waals surface area contributed by atoms with Crippen LogP contribution in [-0.2, 0) is 14.3 Å². The highest BCUT2D eigenvalue weighted by Gasteiger charge is 2.38. The maximum Gasteiger partial charge on any atom is 0.194 e. The van der Waals surface area contributed by atoms with Crippen LogP contribution < -0.4 is 0 Å². The Morgan fingerprint density at radius 3 is 2.69 bits per heavy atom. The zero-order valence-electron chi connectivity index (χ0n) is 7.69.